The van der Waals surface area contributed by atoms with Gasteiger partial charge >= 0.3 is 5.97 Å². The minimum Gasteiger partial charge on any atom is -0.507 e. The van der Waals surface area contributed by atoms with Gasteiger partial charge in [0.25, 0.3) is 5.78 Å². The second kappa shape index (κ2) is 5.25. The van der Waals surface area contributed by atoms with Gasteiger partial charge in [-0.3, -0.25) is 4.79 Å². The first-order chi connectivity index (χ1) is 10.2. The van der Waals surface area contributed by atoms with Crippen molar-refractivity contribution in [3.05, 3.63) is 77.4 Å². The predicted octanol–water partition coefficient (Wildman–Crippen LogP) is 2.82. The van der Waals surface area contributed by atoms with Gasteiger partial charge in [-0.05, 0) is 5.56 Å². The number of hydrogen-bond donors (Lipinski definition) is 1. The summed E-state index contributed by atoms with van der Waals surface area (Å²) in [5, 5.41) is 10.4. The third kappa shape index (κ3) is 2.31. The first-order valence-corrected chi connectivity index (χ1v) is 6.47. The van der Waals surface area contributed by atoms with Crippen molar-refractivity contribution in [3.63, 3.8) is 0 Å². The molecule has 1 N–H and O–H groups in total. The van der Waals surface area contributed by atoms with Gasteiger partial charge in [0.15, 0.2) is 6.10 Å². The highest BCUT2D eigenvalue weighted by atomic mass is 16.6. The lowest BCUT2D eigenvalue weighted by Crippen LogP contribution is -2.08. The third-order valence-electron chi connectivity index (χ3n) is 3.32. The molecule has 4 heteroatoms. The molecule has 2 aromatic rings. The molecule has 0 spiro atoms. The van der Waals surface area contributed by atoms with E-state index in [2.05, 4.69) is 0 Å². The highest BCUT2D eigenvalue weighted by molar-refractivity contribution is 6.44. The maximum Gasteiger partial charge on any atom is 0.380 e. The minimum atomic E-state index is -0.943. The van der Waals surface area contributed by atoms with Gasteiger partial charge in [0.2, 0.25) is 0 Å². The normalized spacial score (nSPS) is 20.3. The van der Waals surface area contributed by atoms with Crippen LogP contribution in [0.1, 0.15) is 17.2 Å². The molecule has 3 rings (SSSR count). The van der Waals surface area contributed by atoms with Crippen LogP contribution in [0, 0.1) is 0 Å². The average molecular weight is 280 g/mol. The first kappa shape index (κ1) is 13.1. The molecule has 0 aromatic heterocycles. The topological polar surface area (TPSA) is 63.6 Å². The Kier molecular flexibility index (Phi) is 3.28. The molecule has 0 radical (unpaired) electrons. The van der Waals surface area contributed by atoms with Crippen molar-refractivity contribution < 1.29 is 19.4 Å². The Morgan fingerprint density at radius 3 is 2.10 bits per heavy atom. The summed E-state index contributed by atoms with van der Waals surface area (Å²) in [6.07, 6.45) is -0.869. The van der Waals surface area contributed by atoms with E-state index in [1.807, 2.05) is 6.07 Å². The van der Waals surface area contributed by atoms with E-state index in [1.54, 1.807) is 54.6 Å². The fourth-order valence-corrected chi connectivity index (χ4v) is 2.29. The van der Waals surface area contributed by atoms with Gasteiger partial charge < -0.3 is 9.84 Å². The maximum atomic E-state index is 12.0. The van der Waals surface area contributed by atoms with Crippen LogP contribution >= 0.6 is 0 Å². The molecule has 1 aliphatic heterocycles. The molecule has 1 saturated heterocycles. The number of ketones is 1. The lowest BCUT2D eigenvalue weighted by atomic mass is 9.97. The van der Waals surface area contributed by atoms with Crippen LogP contribution in [-0.2, 0) is 14.3 Å². The van der Waals surface area contributed by atoms with E-state index in [9.17, 15) is 14.7 Å². The van der Waals surface area contributed by atoms with Crippen LogP contribution in [0.15, 0.2) is 66.2 Å². The highest BCUT2D eigenvalue weighted by Crippen LogP contribution is 2.36. The number of aliphatic hydroxyl groups is 1. The molecular weight excluding hydrogens is 268 g/mol. The average Bonchev–Trinajstić information content (AvgIpc) is 2.84. The zero-order valence-electron chi connectivity index (χ0n) is 11.0. The monoisotopic (exact) mass is 280 g/mol. The highest BCUT2D eigenvalue weighted by Gasteiger charge is 2.42. The molecule has 1 aliphatic rings. The van der Waals surface area contributed by atoms with Gasteiger partial charge in [0.1, 0.15) is 5.76 Å². The number of cyclic esters (lactones) is 1. The second-order valence-electron chi connectivity index (χ2n) is 4.65. The molecule has 1 heterocycles. The molecule has 21 heavy (non-hydrogen) atoms. The van der Waals surface area contributed by atoms with Crippen molar-refractivity contribution in [2.75, 3.05) is 0 Å². The molecule has 1 fully saturated rings. The van der Waals surface area contributed by atoms with Crippen LogP contribution < -0.4 is 0 Å². The summed E-state index contributed by atoms with van der Waals surface area (Å²) < 4.78 is 5.11. The molecule has 2 aromatic carbocycles. The van der Waals surface area contributed by atoms with E-state index in [1.165, 1.54) is 0 Å². The van der Waals surface area contributed by atoms with Gasteiger partial charge in [0, 0.05) is 5.56 Å². The maximum absolute atomic E-state index is 12.0. The number of carbonyl (C=O) groups excluding carboxylic acids is 2. The lowest BCUT2D eigenvalue weighted by Gasteiger charge is -2.12. The van der Waals surface area contributed by atoms with Crippen molar-refractivity contribution >= 4 is 17.5 Å². The molecule has 1 atom stereocenters. The summed E-state index contributed by atoms with van der Waals surface area (Å²) in [7, 11) is 0. The zero-order valence-corrected chi connectivity index (χ0v) is 11.0. The molecule has 4 nitrogen and oxygen atoms in total. The Morgan fingerprint density at radius 1 is 0.905 bits per heavy atom. The number of benzene rings is 2. The SMILES string of the molecule is O=C1O[C@H](c2ccccc2)/C(=C(/O)c2ccccc2)C1=O. The minimum absolute atomic E-state index is 0.0163. The standard InChI is InChI=1S/C17H12O4/c18-14(11-7-3-1-4-8-11)13-15(19)17(20)21-16(13)12-9-5-2-6-10-12/h1-10,16,18H/b14-13+/t16-/m1/s1. The fraction of sp³-hybridized carbons (Fsp3) is 0.0588. The summed E-state index contributed by atoms with van der Waals surface area (Å²) in [5.41, 5.74) is 1.10. The van der Waals surface area contributed by atoms with Crippen LogP contribution in [-0.4, -0.2) is 16.9 Å². The van der Waals surface area contributed by atoms with Crippen molar-refractivity contribution in [3.8, 4) is 0 Å². The van der Waals surface area contributed by atoms with Crippen molar-refractivity contribution in [2.45, 2.75) is 6.10 Å². The molecule has 0 unspecified atom stereocenters. The van der Waals surface area contributed by atoms with E-state index in [4.69, 9.17) is 4.74 Å². The molecule has 0 aliphatic carbocycles. The quantitative estimate of drug-likeness (QED) is 0.397. The van der Waals surface area contributed by atoms with Gasteiger partial charge in [-0.2, -0.15) is 0 Å². The number of Topliss-reactive ketones (excluding diaryl/α,β-unsaturated/α-hetero) is 1. The Labute approximate surface area is 121 Å². The van der Waals surface area contributed by atoms with Crippen LogP contribution in [0.5, 0.6) is 0 Å². The molecule has 0 bridgehead atoms. The summed E-state index contributed by atoms with van der Waals surface area (Å²) >= 11 is 0. The summed E-state index contributed by atoms with van der Waals surface area (Å²) in [6.45, 7) is 0. The number of carbonyl (C=O) groups is 2. The third-order valence-corrected chi connectivity index (χ3v) is 3.32. The van der Waals surface area contributed by atoms with Gasteiger partial charge in [-0.15, -0.1) is 0 Å². The van der Waals surface area contributed by atoms with Crippen LogP contribution in [0.25, 0.3) is 5.76 Å². The largest absolute Gasteiger partial charge is 0.507 e. The van der Waals surface area contributed by atoms with Gasteiger partial charge in [-0.25, -0.2) is 4.79 Å². The van der Waals surface area contributed by atoms with Crippen LogP contribution in [0.4, 0.5) is 0 Å². The van der Waals surface area contributed by atoms with Crippen LogP contribution in [0.3, 0.4) is 0 Å². The number of aliphatic hydroxyl groups excluding tert-OH is 1. The van der Waals surface area contributed by atoms with E-state index < -0.39 is 17.9 Å². The number of esters is 1. The predicted molar refractivity (Wildman–Crippen MR) is 76.3 cm³/mol. The molecule has 0 saturated carbocycles. The Bertz CT molecular complexity index is 717. The van der Waals surface area contributed by atoms with Crippen molar-refractivity contribution in [2.24, 2.45) is 0 Å². The molecule has 0 amide bonds. The Hall–Kier alpha value is -2.88. The number of ether oxygens (including phenoxy) is 1. The fourth-order valence-electron chi connectivity index (χ4n) is 2.29. The van der Waals surface area contributed by atoms with Crippen LogP contribution in [0.2, 0.25) is 0 Å². The second-order valence-corrected chi connectivity index (χ2v) is 4.65. The van der Waals surface area contributed by atoms with Gasteiger partial charge in [0.05, 0.1) is 5.57 Å². The Balaban J connectivity index is 2.13. The lowest BCUT2D eigenvalue weighted by molar-refractivity contribution is -0.149. The molecule has 104 valence electrons. The zero-order chi connectivity index (χ0) is 14.8. The van der Waals surface area contributed by atoms with E-state index in [0.29, 0.717) is 11.1 Å². The van der Waals surface area contributed by atoms with Gasteiger partial charge in [-0.1, -0.05) is 60.7 Å². The van der Waals surface area contributed by atoms with E-state index in [-0.39, 0.29) is 11.3 Å². The summed E-state index contributed by atoms with van der Waals surface area (Å²) in [4.78, 5) is 23.6. The summed E-state index contributed by atoms with van der Waals surface area (Å²) in [6, 6.07) is 17.5. The smallest absolute Gasteiger partial charge is 0.380 e. The van der Waals surface area contributed by atoms with Crippen molar-refractivity contribution in [1.82, 2.24) is 0 Å². The molecular formula is C17H12O4. The Morgan fingerprint density at radius 2 is 1.48 bits per heavy atom. The van der Waals surface area contributed by atoms with E-state index >= 15 is 0 Å². The van der Waals surface area contributed by atoms with E-state index in [0.717, 1.165) is 0 Å². The first-order valence-electron chi connectivity index (χ1n) is 6.47. The summed E-state index contributed by atoms with van der Waals surface area (Å²) in [5.74, 6) is -1.97. The number of hydrogen-bond acceptors (Lipinski definition) is 4. The number of rotatable bonds is 2. The van der Waals surface area contributed by atoms with Crippen molar-refractivity contribution in [1.29, 1.82) is 0 Å².